The quantitative estimate of drug-likeness (QED) is 0.871. The molecular weight excluding hydrogens is 338 g/mol. The van der Waals surface area contributed by atoms with E-state index < -0.39 is 6.10 Å². The maximum atomic E-state index is 12.8. The highest BCUT2D eigenvalue weighted by Crippen LogP contribution is 2.44. The van der Waals surface area contributed by atoms with Gasteiger partial charge in [-0.3, -0.25) is 0 Å². The monoisotopic (exact) mass is 363 g/mol. The molecule has 1 heterocycles. The van der Waals surface area contributed by atoms with Gasteiger partial charge in [-0.2, -0.15) is 0 Å². The van der Waals surface area contributed by atoms with E-state index in [1.165, 1.54) is 22.3 Å². The maximum Gasteiger partial charge on any atom is 0.410 e. The van der Waals surface area contributed by atoms with Gasteiger partial charge in [0.15, 0.2) is 0 Å². The Hall–Kier alpha value is -2.33. The lowest BCUT2D eigenvalue weighted by atomic mass is 9.78. The third-order valence-corrected chi connectivity index (χ3v) is 6.64. The second-order valence-electron chi connectivity index (χ2n) is 8.10. The van der Waals surface area contributed by atoms with Crippen molar-refractivity contribution in [2.24, 2.45) is 5.92 Å². The molecule has 2 aromatic carbocycles. The van der Waals surface area contributed by atoms with E-state index in [1.54, 1.807) is 4.90 Å². The van der Waals surface area contributed by atoms with E-state index in [-0.39, 0.29) is 18.1 Å². The molecule has 5 rings (SSSR count). The molecule has 0 aromatic heterocycles. The highest BCUT2D eigenvalue weighted by atomic mass is 16.6. The van der Waals surface area contributed by atoms with Crippen molar-refractivity contribution in [1.82, 2.24) is 4.90 Å². The minimum absolute atomic E-state index is 0.0758. The first-order valence-electron chi connectivity index (χ1n) is 10.0. The third-order valence-electron chi connectivity index (χ3n) is 6.64. The molecule has 140 valence electrons. The number of piperidine rings is 1. The summed E-state index contributed by atoms with van der Waals surface area (Å²) in [6, 6.07) is 16.7. The van der Waals surface area contributed by atoms with E-state index in [4.69, 9.17) is 4.74 Å². The van der Waals surface area contributed by atoms with Gasteiger partial charge in [0.25, 0.3) is 0 Å². The van der Waals surface area contributed by atoms with E-state index in [0.29, 0.717) is 19.1 Å². The van der Waals surface area contributed by atoms with E-state index in [9.17, 15) is 9.90 Å². The Kier molecular flexibility index (Phi) is 4.16. The zero-order chi connectivity index (χ0) is 18.4. The van der Waals surface area contributed by atoms with Crippen LogP contribution in [0.1, 0.15) is 42.7 Å². The Morgan fingerprint density at radius 2 is 1.67 bits per heavy atom. The van der Waals surface area contributed by atoms with Crippen molar-refractivity contribution in [3.63, 3.8) is 0 Å². The number of likely N-dealkylation sites (tertiary alicyclic amines) is 1. The molecule has 1 saturated heterocycles. The number of fused-ring (bicyclic) bond motifs is 5. The van der Waals surface area contributed by atoms with E-state index in [1.807, 2.05) is 12.1 Å². The van der Waals surface area contributed by atoms with Gasteiger partial charge in [0.1, 0.15) is 6.61 Å². The van der Waals surface area contributed by atoms with Crippen molar-refractivity contribution in [2.45, 2.75) is 43.7 Å². The van der Waals surface area contributed by atoms with Crippen LogP contribution in [0.3, 0.4) is 0 Å². The molecule has 0 unspecified atom stereocenters. The molecule has 2 aliphatic carbocycles. The van der Waals surface area contributed by atoms with Crippen LogP contribution in [0.15, 0.2) is 48.5 Å². The first-order chi connectivity index (χ1) is 13.2. The number of amides is 1. The molecule has 1 N–H and O–H groups in total. The SMILES string of the molecule is O=C(OCC1c2ccccc2-c2ccccc21)N1CC[C@@H]2CC[C@@H](O)[C@@H]1C2. The van der Waals surface area contributed by atoms with Crippen molar-refractivity contribution in [3.8, 4) is 11.1 Å². The van der Waals surface area contributed by atoms with Crippen LogP contribution < -0.4 is 0 Å². The minimum atomic E-state index is -0.415. The van der Waals surface area contributed by atoms with Crippen molar-refractivity contribution in [3.05, 3.63) is 59.7 Å². The lowest BCUT2D eigenvalue weighted by Gasteiger charge is -2.44. The van der Waals surface area contributed by atoms with Gasteiger partial charge in [-0.25, -0.2) is 4.79 Å². The summed E-state index contributed by atoms with van der Waals surface area (Å²) in [4.78, 5) is 14.6. The Morgan fingerprint density at radius 3 is 2.37 bits per heavy atom. The Balaban J connectivity index is 1.33. The highest BCUT2D eigenvalue weighted by molar-refractivity contribution is 5.79. The molecule has 1 aliphatic heterocycles. The summed E-state index contributed by atoms with van der Waals surface area (Å²) in [5, 5.41) is 10.3. The number of ether oxygens (including phenoxy) is 1. The van der Waals surface area contributed by atoms with Crippen molar-refractivity contribution in [2.75, 3.05) is 13.2 Å². The summed E-state index contributed by atoms with van der Waals surface area (Å²) < 4.78 is 5.79. The largest absolute Gasteiger partial charge is 0.448 e. The Morgan fingerprint density at radius 1 is 1.00 bits per heavy atom. The summed E-state index contributed by atoms with van der Waals surface area (Å²) >= 11 is 0. The van der Waals surface area contributed by atoms with Crippen LogP contribution in [0, 0.1) is 5.92 Å². The number of aliphatic hydroxyl groups excluding tert-OH is 1. The topological polar surface area (TPSA) is 49.8 Å². The molecule has 4 heteroatoms. The lowest BCUT2D eigenvalue weighted by molar-refractivity contribution is -0.0260. The molecule has 0 spiro atoms. The first kappa shape index (κ1) is 16.8. The smallest absolute Gasteiger partial charge is 0.410 e. The van der Waals surface area contributed by atoms with Crippen molar-refractivity contribution >= 4 is 6.09 Å². The molecule has 2 fully saturated rings. The van der Waals surface area contributed by atoms with Gasteiger partial charge in [0.2, 0.25) is 0 Å². The van der Waals surface area contributed by atoms with Gasteiger partial charge in [-0.15, -0.1) is 0 Å². The molecule has 27 heavy (non-hydrogen) atoms. The minimum Gasteiger partial charge on any atom is -0.448 e. The average Bonchev–Trinajstić information content (AvgIpc) is 3.03. The summed E-state index contributed by atoms with van der Waals surface area (Å²) in [5.41, 5.74) is 4.92. The van der Waals surface area contributed by atoms with E-state index >= 15 is 0 Å². The summed E-state index contributed by atoms with van der Waals surface area (Å²) in [6.45, 7) is 1.04. The fourth-order valence-corrected chi connectivity index (χ4v) is 5.20. The fourth-order valence-electron chi connectivity index (χ4n) is 5.20. The normalized spacial score (nSPS) is 26.4. The Bertz CT molecular complexity index is 819. The lowest BCUT2D eigenvalue weighted by Crippen LogP contribution is -2.54. The van der Waals surface area contributed by atoms with Crippen molar-refractivity contribution < 1.29 is 14.6 Å². The molecule has 4 nitrogen and oxygen atoms in total. The average molecular weight is 363 g/mol. The fraction of sp³-hybridized carbons (Fsp3) is 0.435. The highest BCUT2D eigenvalue weighted by Gasteiger charge is 2.40. The number of hydrogen-bond donors (Lipinski definition) is 1. The third kappa shape index (κ3) is 2.83. The van der Waals surface area contributed by atoms with Crippen LogP contribution in [0.2, 0.25) is 0 Å². The van der Waals surface area contributed by atoms with E-state index in [2.05, 4.69) is 36.4 Å². The zero-order valence-corrected chi connectivity index (χ0v) is 15.4. The molecule has 0 radical (unpaired) electrons. The number of carbonyl (C=O) groups excluding carboxylic acids is 1. The number of benzene rings is 2. The van der Waals surface area contributed by atoms with E-state index in [0.717, 1.165) is 25.7 Å². The number of hydrogen-bond acceptors (Lipinski definition) is 3. The standard InChI is InChI=1S/C23H25NO3/c25-22-10-9-15-11-12-24(21(22)13-15)23(26)27-14-20-18-7-3-1-5-16(18)17-6-2-4-8-19(17)20/h1-8,15,20-22,25H,9-14H2/t15-,21-,22+/m0/s1. The summed E-state index contributed by atoms with van der Waals surface area (Å²) in [6.07, 6.45) is 3.11. The summed E-state index contributed by atoms with van der Waals surface area (Å²) in [7, 11) is 0. The van der Waals surface area contributed by atoms with Crippen LogP contribution in [0.4, 0.5) is 4.79 Å². The predicted molar refractivity (Wildman–Crippen MR) is 104 cm³/mol. The van der Waals surface area contributed by atoms with Gasteiger partial charge >= 0.3 is 6.09 Å². The zero-order valence-electron chi connectivity index (χ0n) is 15.4. The molecule has 1 saturated carbocycles. The van der Waals surface area contributed by atoms with Crippen LogP contribution in [0.25, 0.3) is 11.1 Å². The second-order valence-corrected chi connectivity index (χ2v) is 8.10. The predicted octanol–water partition coefficient (Wildman–Crippen LogP) is 4.17. The molecular formula is C23H25NO3. The first-order valence-corrected chi connectivity index (χ1v) is 10.0. The van der Waals surface area contributed by atoms with Gasteiger partial charge in [0, 0.05) is 12.5 Å². The molecule has 1 amide bonds. The van der Waals surface area contributed by atoms with Crippen LogP contribution in [-0.4, -0.2) is 41.4 Å². The number of aliphatic hydroxyl groups is 1. The van der Waals surface area contributed by atoms with Gasteiger partial charge in [-0.1, -0.05) is 48.5 Å². The van der Waals surface area contributed by atoms with Crippen LogP contribution in [-0.2, 0) is 4.74 Å². The second kappa shape index (κ2) is 6.68. The van der Waals surface area contributed by atoms with Crippen molar-refractivity contribution in [1.29, 1.82) is 0 Å². The maximum absolute atomic E-state index is 12.8. The summed E-state index contributed by atoms with van der Waals surface area (Å²) in [5.74, 6) is 0.728. The molecule has 2 aromatic rings. The van der Waals surface area contributed by atoms with Crippen LogP contribution in [0.5, 0.6) is 0 Å². The van der Waals surface area contributed by atoms with Gasteiger partial charge in [-0.05, 0) is 53.9 Å². The van der Waals surface area contributed by atoms with Gasteiger partial charge < -0.3 is 14.7 Å². The number of nitrogens with zero attached hydrogens (tertiary/aromatic N) is 1. The van der Waals surface area contributed by atoms with Gasteiger partial charge in [0.05, 0.1) is 12.1 Å². The number of rotatable bonds is 2. The molecule has 2 bridgehead atoms. The van der Waals surface area contributed by atoms with Crippen LogP contribution >= 0.6 is 0 Å². The molecule has 3 aliphatic rings. The number of carbonyl (C=O) groups is 1. The molecule has 3 atom stereocenters. The Labute approximate surface area is 159 Å².